The van der Waals surface area contributed by atoms with Crippen molar-refractivity contribution in [3.8, 4) is 0 Å². The van der Waals surface area contributed by atoms with Gasteiger partial charge in [0, 0.05) is 12.6 Å². The number of morpholine rings is 1. The molecule has 2 nitrogen and oxygen atoms in total. The summed E-state index contributed by atoms with van der Waals surface area (Å²) < 4.78 is 19.1. The lowest BCUT2D eigenvalue weighted by Crippen LogP contribution is -2.44. The summed E-state index contributed by atoms with van der Waals surface area (Å²) in [6.45, 7) is 6.07. The van der Waals surface area contributed by atoms with Crippen LogP contribution in [0.2, 0.25) is 0 Å². The van der Waals surface area contributed by atoms with E-state index in [0.717, 1.165) is 12.1 Å². The quantitative estimate of drug-likeness (QED) is 0.704. The molecule has 0 saturated carbocycles. The van der Waals surface area contributed by atoms with Gasteiger partial charge in [0.1, 0.15) is 5.82 Å². The number of hydrogen-bond acceptors (Lipinski definition) is 2. The number of anilines is 1. The van der Waals surface area contributed by atoms with Gasteiger partial charge in [-0.25, -0.2) is 4.39 Å². The summed E-state index contributed by atoms with van der Waals surface area (Å²) >= 11 is 0. The van der Waals surface area contributed by atoms with Crippen LogP contribution in [0.3, 0.4) is 0 Å². The Morgan fingerprint density at radius 3 is 2.93 bits per heavy atom. The zero-order valence-electron chi connectivity index (χ0n) is 9.16. The summed E-state index contributed by atoms with van der Waals surface area (Å²) in [6.07, 6.45) is 0. The summed E-state index contributed by atoms with van der Waals surface area (Å²) in [5.41, 5.74) is 1.65. The molecule has 1 fully saturated rings. The number of halogens is 1. The second kappa shape index (κ2) is 4.19. The van der Waals surface area contributed by atoms with Crippen LogP contribution < -0.4 is 4.90 Å². The highest BCUT2D eigenvalue weighted by molar-refractivity contribution is 5.50. The first-order valence-electron chi connectivity index (χ1n) is 5.29. The second-order valence-electron chi connectivity index (χ2n) is 4.07. The van der Waals surface area contributed by atoms with Crippen LogP contribution in [0.25, 0.3) is 0 Å². The van der Waals surface area contributed by atoms with Crippen LogP contribution >= 0.6 is 0 Å². The van der Waals surface area contributed by atoms with Crippen LogP contribution in [0.15, 0.2) is 18.2 Å². The predicted molar refractivity (Wildman–Crippen MR) is 58.8 cm³/mol. The molecular formula is C12H16FNO. The summed E-state index contributed by atoms with van der Waals surface area (Å²) in [5, 5.41) is 0. The van der Waals surface area contributed by atoms with Gasteiger partial charge in [-0.2, -0.15) is 0 Å². The van der Waals surface area contributed by atoms with Crippen molar-refractivity contribution in [1.29, 1.82) is 0 Å². The first-order valence-corrected chi connectivity index (χ1v) is 5.29. The average molecular weight is 209 g/mol. The summed E-state index contributed by atoms with van der Waals surface area (Å²) in [6, 6.07) is 5.63. The SMILES string of the molecule is Cc1ccc(N2CCOC[C@@H]2C)c(F)c1. The predicted octanol–water partition coefficient (Wildman–Crippen LogP) is 2.36. The molecule has 0 amide bonds. The molecule has 0 bridgehead atoms. The molecular weight excluding hydrogens is 193 g/mol. The van der Waals surface area contributed by atoms with E-state index < -0.39 is 0 Å². The third kappa shape index (κ3) is 2.12. The van der Waals surface area contributed by atoms with Crippen LogP contribution in [0.4, 0.5) is 10.1 Å². The van der Waals surface area contributed by atoms with Crippen molar-refractivity contribution < 1.29 is 9.13 Å². The summed E-state index contributed by atoms with van der Waals surface area (Å²) in [4.78, 5) is 2.07. The number of nitrogens with zero attached hydrogens (tertiary/aromatic N) is 1. The second-order valence-corrected chi connectivity index (χ2v) is 4.07. The molecule has 82 valence electrons. The number of aryl methyl sites for hydroxylation is 1. The van der Waals surface area contributed by atoms with Crippen LogP contribution in [0.1, 0.15) is 12.5 Å². The number of rotatable bonds is 1. The van der Waals surface area contributed by atoms with Gasteiger partial charge in [0.15, 0.2) is 0 Å². The van der Waals surface area contributed by atoms with E-state index in [1.807, 2.05) is 19.1 Å². The minimum atomic E-state index is -0.135. The molecule has 15 heavy (non-hydrogen) atoms. The zero-order chi connectivity index (χ0) is 10.8. The molecule has 1 aromatic rings. The van der Waals surface area contributed by atoms with Crippen LogP contribution in [0.5, 0.6) is 0 Å². The third-order valence-corrected chi connectivity index (χ3v) is 2.78. The maximum atomic E-state index is 13.7. The highest BCUT2D eigenvalue weighted by Crippen LogP contribution is 2.23. The number of hydrogen-bond donors (Lipinski definition) is 0. The Morgan fingerprint density at radius 1 is 1.47 bits per heavy atom. The van der Waals surface area contributed by atoms with E-state index in [4.69, 9.17) is 4.74 Å². The minimum Gasteiger partial charge on any atom is -0.377 e. The molecule has 3 heteroatoms. The monoisotopic (exact) mass is 209 g/mol. The van der Waals surface area contributed by atoms with Gasteiger partial charge in [0.25, 0.3) is 0 Å². The normalized spacial score (nSPS) is 21.8. The molecule has 0 aromatic heterocycles. The van der Waals surface area contributed by atoms with Crippen molar-refractivity contribution in [2.45, 2.75) is 19.9 Å². The van der Waals surface area contributed by atoms with Crippen molar-refractivity contribution in [3.63, 3.8) is 0 Å². The Labute approximate surface area is 89.7 Å². The van der Waals surface area contributed by atoms with Crippen LogP contribution in [-0.2, 0) is 4.74 Å². The van der Waals surface area contributed by atoms with Crippen molar-refractivity contribution in [3.05, 3.63) is 29.6 Å². The molecule has 1 aliphatic rings. The maximum Gasteiger partial charge on any atom is 0.146 e. The highest BCUT2D eigenvalue weighted by Gasteiger charge is 2.21. The lowest BCUT2D eigenvalue weighted by Gasteiger charge is -2.35. The smallest absolute Gasteiger partial charge is 0.146 e. The average Bonchev–Trinajstić information content (AvgIpc) is 2.20. The molecule has 1 saturated heterocycles. The van der Waals surface area contributed by atoms with Crippen molar-refractivity contribution in [2.24, 2.45) is 0 Å². The van der Waals surface area contributed by atoms with E-state index in [-0.39, 0.29) is 11.9 Å². The number of benzene rings is 1. The molecule has 1 aliphatic heterocycles. The largest absolute Gasteiger partial charge is 0.377 e. The van der Waals surface area contributed by atoms with Gasteiger partial charge in [-0.05, 0) is 31.5 Å². The lowest BCUT2D eigenvalue weighted by molar-refractivity contribution is 0.0986. The van der Waals surface area contributed by atoms with E-state index >= 15 is 0 Å². The molecule has 2 rings (SSSR count). The van der Waals surface area contributed by atoms with Gasteiger partial charge < -0.3 is 9.64 Å². The molecule has 0 radical (unpaired) electrons. The molecule has 0 spiro atoms. The Balaban J connectivity index is 2.27. The van der Waals surface area contributed by atoms with E-state index in [1.54, 1.807) is 6.07 Å². The fourth-order valence-electron chi connectivity index (χ4n) is 1.93. The molecule has 1 heterocycles. The Bertz CT molecular complexity index is 353. The third-order valence-electron chi connectivity index (χ3n) is 2.78. The molecule has 0 N–H and O–H groups in total. The Morgan fingerprint density at radius 2 is 2.27 bits per heavy atom. The zero-order valence-corrected chi connectivity index (χ0v) is 9.16. The Kier molecular flexibility index (Phi) is 2.91. The minimum absolute atomic E-state index is 0.135. The van der Waals surface area contributed by atoms with Gasteiger partial charge in [-0.3, -0.25) is 0 Å². The molecule has 1 aromatic carbocycles. The highest BCUT2D eigenvalue weighted by atomic mass is 19.1. The topological polar surface area (TPSA) is 12.5 Å². The van der Waals surface area contributed by atoms with Gasteiger partial charge >= 0.3 is 0 Å². The summed E-state index contributed by atoms with van der Waals surface area (Å²) in [7, 11) is 0. The van der Waals surface area contributed by atoms with E-state index in [2.05, 4.69) is 11.8 Å². The van der Waals surface area contributed by atoms with Gasteiger partial charge in [-0.1, -0.05) is 6.07 Å². The van der Waals surface area contributed by atoms with E-state index in [1.165, 1.54) is 0 Å². The molecule has 1 atom stereocenters. The van der Waals surface area contributed by atoms with Crippen molar-refractivity contribution in [2.75, 3.05) is 24.7 Å². The van der Waals surface area contributed by atoms with Crippen molar-refractivity contribution in [1.82, 2.24) is 0 Å². The van der Waals surface area contributed by atoms with Gasteiger partial charge in [0.2, 0.25) is 0 Å². The maximum absolute atomic E-state index is 13.7. The summed E-state index contributed by atoms with van der Waals surface area (Å²) in [5.74, 6) is -0.135. The standard InChI is InChI=1S/C12H16FNO/c1-9-3-4-12(11(13)7-9)14-5-6-15-8-10(14)2/h3-4,7,10H,5-6,8H2,1-2H3/t10-/m0/s1. The van der Waals surface area contributed by atoms with Gasteiger partial charge in [-0.15, -0.1) is 0 Å². The van der Waals surface area contributed by atoms with E-state index in [9.17, 15) is 4.39 Å². The molecule has 0 unspecified atom stereocenters. The molecule has 0 aliphatic carbocycles. The number of ether oxygens (including phenoxy) is 1. The lowest BCUT2D eigenvalue weighted by atomic mass is 10.1. The van der Waals surface area contributed by atoms with E-state index in [0.29, 0.717) is 18.9 Å². The Hall–Kier alpha value is -1.09. The first kappa shape index (κ1) is 10.4. The fourth-order valence-corrected chi connectivity index (χ4v) is 1.93. The first-order chi connectivity index (χ1) is 7.18. The fraction of sp³-hybridized carbons (Fsp3) is 0.500. The van der Waals surface area contributed by atoms with Crippen LogP contribution in [-0.4, -0.2) is 25.8 Å². The van der Waals surface area contributed by atoms with Gasteiger partial charge in [0.05, 0.1) is 18.9 Å². The van der Waals surface area contributed by atoms with Crippen molar-refractivity contribution >= 4 is 5.69 Å². The van der Waals surface area contributed by atoms with Crippen LogP contribution in [0, 0.1) is 12.7 Å².